The van der Waals surface area contributed by atoms with Gasteiger partial charge in [-0.05, 0) is 37.9 Å². The number of likely N-dealkylation sites (tertiary alicyclic amines) is 1. The van der Waals surface area contributed by atoms with E-state index >= 15 is 0 Å². The fourth-order valence-corrected chi connectivity index (χ4v) is 4.50. The number of fused-ring (bicyclic) bond motifs is 1. The molecule has 2 aromatic heterocycles. The number of aryl methyl sites for hydroxylation is 1. The molecular formula is C22H33N5O3. The van der Waals surface area contributed by atoms with Gasteiger partial charge in [0, 0.05) is 45.0 Å². The summed E-state index contributed by atoms with van der Waals surface area (Å²) in [4.78, 5) is 22.1. The van der Waals surface area contributed by atoms with Crippen molar-refractivity contribution in [1.29, 1.82) is 0 Å². The maximum atomic E-state index is 13.2. The molecule has 2 N–H and O–H groups in total. The van der Waals surface area contributed by atoms with Gasteiger partial charge in [0.15, 0.2) is 5.69 Å². The van der Waals surface area contributed by atoms with Crippen LogP contribution in [0.25, 0.3) is 5.65 Å². The number of hydrogen-bond donors (Lipinski definition) is 2. The SMILES string of the molecule is Cc1cccn2c(CNCCN3CCCC[C@@H]3CO)c(C(=O)N3CCOCC3)nc12. The van der Waals surface area contributed by atoms with Gasteiger partial charge in [0.2, 0.25) is 0 Å². The predicted molar refractivity (Wildman–Crippen MR) is 115 cm³/mol. The summed E-state index contributed by atoms with van der Waals surface area (Å²) in [7, 11) is 0. The number of nitrogens with one attached hydrogen (secondary N) is 1. The number of rotatable bonds is 7. The molecule has 164 valence electrons. The minimum atomic E-state index is -0.0189. The molecule has 1 atom stereocenters. The molecule has 1 amide bonds. The average molecular weight is 416 g/mol. The zero-order chi connectivity index (χ0) is 20.9. The molecule has 8 nitrogen and oxygen atoms in total. The van der Waals surface area contributed by atoms with Crippen LogP contribution in [0.1, 0.15) is 41.0 Å². The van der Waals surface area contributed by atoms with Crippen LogP contribution in [-0.4, -0.2) is 88.8 Å². The highest BCUT2D eigenvalue weighted by Crippen LogP contribution is 2.19. The Morgan fingerprint density at radius 3 is 2.93 bits per heavy atom. The number of amides is 1. The highest BCUT2D eigenvalue weighted by Gasteiger charge is 2.26. The van der Waals surface area contributed by atoms with Gasteiger partial charge >= 0.3 is 0 Å². The molecule has 0 bridgehead atoms. The number of carbonyl (C=O) groups is 1. The number of ether oxygens (including phenoxy) is 1. The van der Waals surface area contributed by atoms with E-state index < -0.39 is 0 Å². The molecule has 30 heavy (non-hydrogen) atoms. The van der Waals surface area contributed by atoms with Crippen LogP contribution in [0.15, 0.2) is 18.3 Å². The number of carbonyl (C=O) groups excluding carboxylic acids is 1. The smallest absolute Gasteiger partial charge is 0.274 e. The number of aromatic nitrogens is 2. The van der Waals surface area contributed by atoms with Gasteiger partial charge in [-0.1, -0.05) is 12.5 Å². The third-order valence-corrected chi connectivity index (χ3v) is 6.27. The number of morpholine rings is 1. The number of imidazole rings is 1. The van der Waals surface area contributed by atoms with Crippen molar-refractivity contribution in [2.45, 2.75) is 38.8 Å². The largest absolute Gasteiger partial charge is 0.395 e. The van der Waals surface area contributed by atoms with Gasteiger partial charge in [0.25, 0.3) is 5.91 Å². The van der Waals surface area contributed by atoms with Crippen molar-refractivity contribution in [3.63, 3.8) is 0 Å². The van der Waals surface area contributed by atoms with E-state index in [9.17, 15) is 9.90 Å². The Morgan fingerprint density at radius 2 is 2.13 bits per heavy atom. The second-order valence-corrected chi connectivity index (χ2v) is 8.24. The molecule has 0 saturated carbocycles. The van der Waals surface area contributed by atoms with Crippen LogP contribution < -0.4 is 5.32 Å². The van der Waals surface area contributed by atoms with E-state index in [2.05, 4.69) is 10.2 Å². The first kappa shape index (κ1) is 21.2. The highest BCUT2D eigenvalue weighted by molar-refractivity contribution is 5.94. The normalized spacial score (nSPS) is 20.7. The van der Waals surface area contributed by atoms with Crippen LogP contribution in [0.4, 0.5) is 0 Å². The molecule has 0 spiro atoms. The zero-order valence-corrected chi connectivity index (χ0v) is 17.8. The van der Waals surface area contributed by atoms with Crippen LogP contribution in [-0.2, 0) is 11.3 Å². The molecule has 2 aromatic rings. The summed E-state index contributed by atoms with van der Waals surface area (Å²) in [6.45, 7) is 7.94. The number of hydrogen-bond acceptors (Lipinski definition) is 6. The van der Waals surface area contributed by atoms with Crippen molar-refractivity contribution < 1.29 is 14.6 Å². The minimum Gasteiger partial charge on any atom is -0.395 e. The van der Waals surface area contributed by atoms with E-state index in [-0.39, 0.29) is 18.6 Å². The monoisotopic (exact) mass is 415 g/mol. The minimum absolute atomic E-state index is 0.0189. The average Bonchev–Trinajstić information content (AvgIpc) is 3.17. The number of pyridine rings is 1. The van der Waals surface area contributed by atoms with E-state index in [0.717, 1.165) is 43.0 Å². The van der Waals surface area contributed by atoms with E-state index in [0.29, 0.717) is 38.5 Å². The molecule has 0 aliphatic carbocycles. The van der Waals surface area contributed by atoms with Crippen molar-refractivity contribution in [3.8, 4) is 0 Å². The van der Waals surface area contributed by atoms with Gasteiger partial charge in [-0.3, -0.25) is 9.69 Å². The Balaban J connectivity index is 1.47. The first-order chi connectivity index (χ1) is 14.7. The Kier molecular flexibility index (Phi) is 6.99. The predicted octanol–water partition coefficient (Wildman–Crippen LogP) is 1.05. The lowest BCUT2D eigenvalue weighted by Crippen LogP contribution is -2.45. The molecule has 4 heterocycles. The van der Waals surface area contributed by atoms with Gasteiger partial charge < -0.3 is 24.5 Å². The van der Waals surface area contributed by atoms with Crippen LogP contribution in [0.5, 0.6) is 0 Å². The third-order valence-electron chi connectivity index (χ3n) is 6.27. The molecule has 2 saturated heterocycles. The molecule has 0 aromatic carbocycles. The first-order valence-electron chi connectivity index (χ1n) is 11.1. The maximum absolute atomic E-state index is 13.2. The lowest BCUT2D eigenvalue weighted by molar-refractivity contribution is 0.0298. The van der Waals surface area contributed by atoms with Crippen molar-refractivity contribution >= 4 is 11.6 Å². The Bertz CT molecular complexity index is 862. The number of aliphatic hydroxyl groups excluding tert-OH is 1. The van der Waals surface area contributed by atoms with Gasteiger partial charge in [-0.25, -0.2) is 4.98 Å². The molecular weight excluding hydrogens is 382 g/mol. The summed E-state index contributed by atoms with van der Waals surface area (Å²) in [5.74, 6) is -0.0189. The van der Waals surface area contributed by atoms with Crippen molar-refractivity contribution in [1.82, 2.24) is 24.5 Å². The van der Waals surface area contributed by atoms with Gasteiger partial charge in [-0.2, -0.15) is 0 Å². The van der Waals surface area contributed by atoms with Crippen LogP contribution in [0.3, 0.4) is 0 Å². The van der Waals surface area contributed by atoms with Crippen LogP contribution >= 0.6 is 0 Å². The summed E-state index contributed by atoms with van der Waals surface area (Å²) >= 11 is 0. The third kappa shape index (κ3) is 4.51. The Hall–Kier alpha value is -2.00. The summed E-state index contributed by atoms with van der Waals surface area (Å²) in [5, 5.41) is 13.1. The van der Waals surface area contributed by atoms with Crippen molar-refractivity contribution in [2.75, 3.05) is 52.5 Å². The molecule has 0 radical (unpaired) electrons. The van der Waals surface area contributed by atoms with E-state index in [1.165, 1.54) is 12.8 Å². The van der Waals surface area contributed by atoms with Crippen molar-refractivity contribution in [3.05, 3.63) is 35.3 Å². The van der Waals surface area contributed by atoms with Gasteiger partial charge in [-0.15, -0.1) is 0 Å². The van der Waals surface area contributed by atoms with E-state index in [4.69, 9.17) is 9.72 Å². The molecule has 2 fully saturated rings. The second-order valence-electron chi connectivity index (χ2n) is 8.24. The zero-order valence-electron chi connectivity index (χ0n) is 17.8. The molecule has 8 heteroatoms. The fourth-order valence-electron chi connectivity index (χ4n) is 4.50. The topological polar surface area (TPSA) is 82.3 Å². The molecule has 4 rings (SSSR count). The van der Waals surface area contributed by atoms with Gasteiger partial charge in [0.05, 0.1) is 25.5 Å². The highest BCUT2D eigenvalue weighted by atomic mass is 16.5. The van der Waals surface area contributed by atoms with E-state index in [1.54, 1.807) is 0 Å². The molecule has 2 aliphatic heterocycles. The lowest BCUT2D eigenvalue weighted by Gasteiger charge is -2.34. The molecule has 2 aliphatic rings. The number of aliphatic hydroxyl groups is 1. The Morgan fingerprint density at radius 1 is 1.30 bits per heavy atom. The number of piperidine rings is 1. The fraction of sp³-hybridized carbons (Fsp3) is 0.636. The van der Waals surface area contributed by atoms with Gasteiger partial charge in [0.1, 0.15) is 5.65 Å². The second kappa shape index (κ2) is 9.87. The Labute approximate surface area is 177 Å². The summed E-state index contributed by atoms with van der Waals surface area (Å²) < 4.78 is 7.43. The summed E-state index contributed by atoms with van der Waals surface area (Å²) in [6.07, 6.45) is 5.45. The quantitative estimate of drug-likeness (QED) is 0.658. The maximum Gasteiger partial charge on any atom is 0.274 e. The van der Waals surface area contributed by atoms with Crippen LogP contribution in [0.2, 0.25) is 0 Å². The summed E-state index contributed by atoms with van der Waals surface area (Å²) in [5.41, 5.74) is 3.33. The number of nitrogens with zero attached hydrogens (tertiary/aromatic N) is 4. The molecule has 0 unspecified atom stereocenters. The first-order valence-corrected chi connectivity index (χ1v) is 11.1. The van der Waals surface area contributed by atoms with Crippen LogP contribution in [0, 0.1) is 6.92 Å². The standard InChI is InChI=1S/C22H33N5O3/c1-17-5-4-9-27-19(15-23-7-10-25-8-3-2-6-18(25)16-28)20(24-21(17)27)22(29)26-11-13-30-14-12-26/h4-5,9,18,23,28H,2-3,6-8,10-16H2,1H3/t18-/m1/s1. The lowest BCUT2D eigenvalue weighted by atomic mass is 10.0. The summed E-state index contributed by atoms with van der Waals surface area (Å²) in [6, 6.07) is 4.29. The van der Waals surface area contributed by atoms with Crippen molar-refractivity contribution in [2.24, 2.45) is 0 Å². The van der Waals surface area contributed by atoms with E-state index in [1.807, 2.05) is 34.6 Å².